The normalized spacial score (nSPS) is 10.7. The number of rotatable bonds is 8. The van der Waals surface area contributed by atoms with E-state index in [0.29, 0.717) is 18.7 Å². The first-order valence-electron chi connectivity index (χ1n) is 9.07. The molecule has 0 atom stereocenters. The van der Waals surface area contributed by atoms with Crippen molar-refractivity contribution < 1.29 is 14.3 Å². The van der Waals surface area contributed by atoms with Gasteiger partial charge in [0.1, 0.15) is 11.5 Å². The highest BCUT2D eigenvalue weighted by Gasteiger charge is 2.11. The second-order valence-corrected chi connectivity index (χ2v) is 6.27. The van der Waals surface area contributed by atoms with Crippen LogP contribution in [0.25, 0.3) is 0 Å². The van der Waals surface area contributed by atoms with Crippen LogP contribution in [0.1, 0.15) is 28.4 Å². The van der Waals surface area contributed by atoms with Crippen molar-refractivity contribution in [2.75, 3.05) is 27.8 Å². The van der Waals surface area contributed by atoms with Gasteiger partial charge in [-0.15, -0.1) is 24.0 Å². The molecule has 0 aliphatic heterocycles. The van der Waals surface area contributed by atoms with Crippen LogP contribution in [0.4, 0.5) is 0 Å². The van der Waals surface area contributed by atoms with E-state index in [0.717, 1.165) is 35.1 Å². The molecule has 8 heteroatoms. The number of hydrogen-bond donors (Lipinski definition) is 2. The molecule has 0 saturated carbocycles. The third-order valence-corrected chi connectivity index (χ3v) is 4.25. The van der Waals surface area contributed by atoms with Gasteiger partial charge in [-0.1, -0.05) is 12.1 Å². The van der Waals surface area contributed by atoms with Crippen molar-refractivity contribution in [2.24, 2.45) is 10.7 Å². The van der Waals surface area contributed by atoms with Crippen molar-refractivity contribution in [3.8, 4) is 11.5 Å². The Balaban J connectivity index is 0.00000420. The first-order valence-corrected chi connectivity index (χ1v) is 9.07. The Kier molecular flexibility index (Phi) is 10.3. The molecule has 7 nitrogen and oxygen atoms in total. The van der Waals surface area contributed by atoms with Gasteiger partial charge in [0.05, 0.1) is 20.8 Å². The molecule has 0 aliphatic rings. The lowest BCUT2D eigenvalue weighted by Gasteiger charge is -2.23. The number of nitrogens with two attached hydrogens (primary N) is 1. The smallest absolute Gasteiger partial charge is 0.248 e. The van der Waals surface area contributed by atoms with Crippen molar-refractivity contribution in [3.05, 3.63) is 59.2 Å². The van der Waals surface area contributed by atoms with Gasteiger partial charge in [0.15, 0.2) is 5.96 Å². The topological polar surface area (TPSA) is 89.2 Å². The summed E-state index contributed by atoms with van der Waals surface area (Å²) in [6.07, 6.45) is 0. The van der Waals surface area contributed by atoms with Crippen molar-refractivity contribution in [1.82, 2.24) is 10.2 Å². The van der Waals surface area contributed by atoms with E-state index in [9.17, 15) is 4.79 Å². The third kappa shape index (κ3) is 7.12. The summed E-state index contributed by atoms with van der Waals surface area (Å²) in [6, 6.07) is 12.9. The zero-order valence-electron chi connectivity index (χ0n) is 17.3. The molecule has 0 saturated heterocycles. The molecule has 29 heavy (non-hydrogen) atoms. The zero-order chi connectivity index (χ0) is 20.5. The molecule has 0 spiro atoms. The summed E-state index contributed by atoms with van der Waals surface area (Å²) in [5.41, 5.74) is 7.79. The molecule has 0 radical (unpaired) electrons. The molecule has 2 rings (SSSR count). The second-order valence-electron chi connectivity index (χ2n) is 6.27. The molecule has 0 bridgehead atoms. The quantitative estimate of drug-likeness (QED) is 0.323. The number of primary amides is 1. The lowest BCUT2D eigenvalue weighted by molar-refractivity contribution is 0.100. The van der Waals surface area contributed by atoms with Gasteiger partial charge in [-0.05, 0) is 36.8 Å². The predicted molar refractivity (Wildman–Crippen MR) is 126 cm³/mol. The summed E-state index contributed by atoms with van der Waals surface area (Å²) < 4.78 is 10.7. The van der Waals surface area contributed by atoms with Crippen LogP contribution in [0.2, 0.25) is 0 Å². The highest BCUT2D eigenvalue weighted by Crippen LogP contribution is 2.25. The van der Waals surface area contributed by atoms with Crippen LogP contribution < -0.4 is 20.5 Å². The summed E-state index contributed by atoms with van der Waals surface area (Å²) in [5, 5.41) is 3.30. The van der Waals surface area contributed by atoms with Gasteiger partial charge in [-0.3, -0.25) is 4.79 Å². The van der Waals surface area contributed by atoms with Gasteiger partial charge in [-0.25, -0.2) is 4.99 Å². The number of carbonyl (C=O) groups is 1. The molecule has 158 valence electrons. The van der Waals surface area contributed by atoms with Gasteiger partial charge in [-0.2, -0.15) is 0 Å². The maximum atomic E-state index is 11.2. The van der Waals surface area contributed by atoms with Crippen LogP contribution in [0.15, 0.2) is 47.5 Å². The average Bonchev–Trinajstić information content (AvgIpc) is 2.71. The third-order valence-electron chi connectivity index (χ3n) is 4.25. The number of halogens is 1. The molecule has 3 N–H and O–H groups in total. The number of ether oxygens (including phenoxy) is 2. The molecule has 0 unspecified atom stereocenters. The van der Waals surface area contributed by atoms with Crippen molar-refractivity contribution in [2.45, 2.75) is 20.0 Å². The van der Waals surface area contributed by atoms with E-state index in [1.165, 1.54) is 0 Å². The predicted octanol–water partition coefficient (Wildman–Crippen LogP) is 3.02. The second kappa shape index (κ2) is 12.2. The summed E-state index contributed by atoms with van der Waals surface area (Å²) >= 11 is 0. The summed E-state index contributed by atoms with van der Waals surface area (Å²) in [5.74, 6) is 1.86. The molecule has 2 aromatic rings. The Morgan fingerprint density at radius 3 is 2.38 bits per heavy atom. The van der Waals surface area contributed by atoms with Crippen LogP contribution in [0.5, 0.6) is 11.5 Å². The highest BCUT2D eigenvalue weighted by molar-refractivity contribution is 14.0. The van der Waals surface area contributed by atoms with E-state index in [4.69, 9.17) is 20.2 Å². The molecule has 0 aromatic heterocycles. The summed E-state index contributed by atoms with van der Waals surface area (Å²) in [6.45, 7) is 3.90. The van der Waals surface area contributed by atoms with Crippen LogP contribution in [0, 0.1) is 0 Å². The van der Waals surface area contributed by atoms with Gasteiger partial charge in [0.2, 0.25) is 5.91 Å². The van der Waals surface area contributed by atoms with Crippen LogP contribution in [-0.2, 0) is 13.1 Å². The molecule has 0 heterocycles. The first kappa shape index (κ1) is 24.5. The fourth-order valence-electron chi connectivity index (χ4n) is 2.72. The number of aliphatic imine (C=N–C) groups is 1. The molecule has 0 fully saturated rings. The fraction of sp³-hybridized carbons (Fsp3) is 0.333. The largest absolute Gasteiger partial charge is 0.497 e. The lowest BCUT2D eigenvalue weighted by atomic mass is 10.1. The fourth-order valence-corrected chi connectivity index (χ4v) is 2.72. The van der Waals surface area contributed by atoms with E-state index in [-0.39, 0.29) is 24.0 Å². The van der Waals surface area contributed by atoms with Gasteiger partial charge < -0.3 is 25.4 Å². The number of guanidine groups is 1. The number of carbonyl (C=O) groups excluding carboxylic acids is 1. The minimum atomic E-state index is -0.434. The Bertz CT molecular complexity index is 825. The Morgan fingerprint density at radius 2 is 1.83 bits per heavy atom. The van der Waals surface area contributed by atoms with Crippen molar-refractivity contribution in [1.29, 1.82) is 0 Å². The molecular formula is C21H29IN4O3. The summed E-state index contributed by atoms with van der Waals surface area (Å²) in [4.78, 5) is 17.9. The van der Waals surface area contributed by atoms with E-state index in [1.54, 1.807) is 26.4 Å². The monoisotopic (exact) mass is 512 g/mol. The average molecular weight is 512 g/mol. The lowest BCUT2D eigenvalue weighted by Crippen LogP contribution is -2.38. The van der Waals surface area contributed by atoms with Crippen LogP contribution in [0.3, 0.4) is 0 Å². The van der Waals surface area contributed by atoms with Crippen molar-refractivity contribution in [3.63, 3.8) is 0 Å². The zero-order valence-corrected chi connectivity index (χ0v) is 19.6. The highest BCUT2D eigenvalue weighted by atomic mass is 127. The van der Waals surface area contributed by atoms with Gasteiger partial charge >= 0.3 is 0 Å². The molecular weight excluding hydrogens is 483 g/mol. The first-order chi connectivity index (χ1) is 13.5. The minimum Gasteiger partial charge on any atom is -0.497 e. The van der Waals surface area contributed by atoms with Gasteiger partial charge in [0.25, 0.3) is 0 Å². The number of hydrogen-bond acceptors (Lipinski definition) is 4. The molecule has 1 amide bonds. The maximum absolute atomic E-state index is 11.2. The van der Waals surface area contributed by atoms with E-state index in [1.807, 2.05) is 49.2 Å². The van der Waals surface area contributed by atoms with Crippen LogP contribution >= 0.6 is 24.0 Å². The molecule has 2 aromatic carbocycles. The number of benzene rings is 2. The number of amides is 1. The summed E-state index contributed by atoms with van der Waals surface area (Å²) in [7, 11) is 5.25. The SMILES string of the molecule is CCNC(=NCc1ccc(C(N)=O)cc1)N(C)Cc1ccc(OC)cc1OC.I. The number of nitrogens with zero attached hydrogens (tertiary/aromatic N) is 2. The van der Waals surface area contributed by atoms with E-state index < -0.39 is 5.91 Å². The Hall–Kier alpha value is -2.49. The Labute approximate surface area is 189 Å². The number of methoxy groups -OCH3 is 2. The standard InChI is InChI=1S/C21H28N4O3.HI/c1-5-23-21(24-13-15-6-8-16(9-7-15)20(22)26)25(2)14-17-10-11-18(27-3)12-19(17)28-4;/h6-12H,5,13-14H2,1-4H3,(H2,22,26)(H,23,24);1H. The minimum absolute atomic E-state index is 0. The van der Waals surface area contributed by atoms with Gasteiger partial charge in [0, 0.05) is 37.3 Å². The van der Waals surface area contributed by atoms with Crippen molar-refractivity contribution >= 4 is 35.8 Å². The number of nitrogens with one attached hydrogen (secondary N) is 1. The van der Waals surface area contributed by atoms with Crippen LogP contribution in [-0.4, -0.2) is 44.6 Å². The van der Waals surface area contributed by atoms with E-state index in [2.05, 4.69) is 5.32 Å². The Morgan fingerprint density at radius 1 is 1.14 bits per heavy atom. The van der Waals surface area contributed by atoms with E-state index >= 15 is 0 Å². The maximum Gasteiger partial charge on any atom is 0.248 e. The molecule has 0 aliphatic carbocycles.